The Morgan fingerprint density at radius 1 is 1.45 bits per heavy atom. The molecule has 0 saturated carbocycles. The van der Waals surface area contributed by atoms with E-state index in [-0.39, 0.29) is 11.8 Å². The first kappa shape index (κ1) is 15.0. The molecule has 0 spiro atoms. The molecule has 0 aromatic heterocycles. The van der Waals surface area contributed by atoms with E-state index in [0.29, 0.717) is 42.5 Å². The van der Waals surface area contributed by atoms with Crippen molar-refractivity contribution in [2.24, 2.45) is 5.92 Å². The Kier molecular flexibility index (Phi) is 5.15. The van der Waals surface area contributed by atoms with Crippen LogP contribution in [0.15, 0.2) is 24.3 Å². The zero-order valence-corrected chi connectivity index (χ0v) is 12.3. The van der Waals surface area contributed by atoms with E-state index in [1.165, 1.54) is 0 Å². The number of rotatable bonds is 4. The number of Topliss-reactive ketones (excluding diaryl/α,β-unsaturated/α-hetero) is 1. The first-order chi connectivity index (χ1) is 9.60. The van der Waals surface area contributed by atoms with Gasteiger partial charge in [-0.1, -0.05) is 30.7 Å². The maximum absolute atomic E-state index is 12.0. The lowest BCUT2D eigenvalue weighted by molar-refractivity contribution is -0.128. The van der Waals surface area contributed by atoms with Gasteiger partial charge in [-0.15, -0.1) is 0 Å². The Labute approximate surface area is 124 Å². The van der Waals surface area contributed by atoms with E-state index in [4.69, 9.17) is 11.6 Å². The molecule has 1 aromatic carbocycles. The average molecular weight is 295 g/mol. The number of nitrogens with zero attached hydrogens (tertiary/aromatic N) is 1. The molecule has 4 nitrogen and oxygen atoms in total. The van der Waals surface area contributed by atoms with Crippen molar-refractivity contribution in [1.29, 1.82) is 0 Å². The number of piperidine rings is 1. The van der Waals surface area contributed by atoms with Crippen molar-refractivity contribution in [3.05, 3.63) is 29.3 Å². The normalized spacial score (nSPS) is 19.9. The molecule has 1 heterocycles. The van der Waals surface area contributed by atoms with Crippen LogP contribution in [0.25, 0.3) is 0 Å². The van der Waals surface area contributed by atoms with Crippen LogP contribution in [0.5, 0.6) is 0 Å². The van der Waals surface area contributed by atoms with Crippen LogP contribution in [0.1, 0.15) is 19.8 Å². The Morgan fingerprint density at radius 2 is 2.20 bits per heavy atom. The molecule has 0 bridgehead atoms. The van der Waals surface area contributed by atoms with Gasteiger partial charge in [0.1, 0.15) is 5.78 Å². The number of halogens is 1. The molecule has 5 heteroatoms. The fraction of sp³-hybridized carbons (Fsp3) is 0.467. The summed E-state index contributed by atoms with van der Waals surface area (Å²) in [6.07, 6.45) is 1.37. The lowest BCUT2D eigenvalue weighted by Gasteiger charge is -2.30. The van der Waals surface area contributed by atoms with Crippen molar-refractivity contribution in [3.8, 4) is 0 Å². The second-order valence-electron chi connectivity index (χ2n) is 5.08. The van der Waals surface area contributed by atoms with Crippen LogP contribution in [0.4, 0.5) is 5.69 Å². The second-order valence-corrected chi connectivity index (χ2v) is 5.49. The first-order valence-corrected chi connectivity index (χ1v) is 7.27. The topological polar surface area (TPSA) is 49.4 Å². The molecule has 1 aliphatic rings. The van der Waals surface area contributed by atoms with Crippen LogP contribution in [0.3, 0.4) is 0 Å². The van der Waals surface area contributed by atoms with Crippen LogP contribution in [-0.2, 0) is 9.59 Å². The van der Waals surface area contributed by atoms with Crippen LogP contribution in [-0.4, -0.2) is 36.2 Å². The van der Waals surface area contributed by atoms with E-state index in [2.05, 4.69) is 5.32 Å². The summed E-state index contributed by atoms with van der Waals surface area (Å²) in [7, 11) is 0. The Bertz CT molecular complexity index is 504. The van der Waals surface area contributed by atoms with Crippen molar-refractivity contribution in [1.82, 2.24) is 4.90 Å². The molecule has 1 aliphatic heterocycles. The quantitative estimate of drug-likeness (QED) is 0.928. The number of amides is 1. The molecule has 2 rings (SSSR count). The van der Waals surface area contributed by atoms with Crippen molar-refractivity contribution in [3.63, 3.8) is 0 Å². The predicted molar refractivity (Wildman–Crippen MR) is 79.9 cm³/mol. The molecule has 1 amide bonds. The second kappa shape index (κ2) is 6.86. The van der Waals surface area contributed by atoms with Gasteiger partial charge in [0.2, 0.25) is 5.91 Å². The highest BCUT2D eigenvalue weighted by atomic mass is 35.5. The van der Waals surface area contributed by atoms with Gasteiger partial charge in [-0.25, -0.2) is 0 Å². The summed E-state index contributed by atoms with van der Waals surface area (Å²) in [6.45, 7) is 3.64. The summed E-state index contributed by atoms with van der Waals surface area (Å²) < 4.78 is 0. The van der Waals surface area contributed by atoms with E-state index >= 15 is 0 Å². The van der Waals surface area contributed by atoms with Gasteiger partial charge in [-0.05, 0) is 18.6 Å². The number of anilines is 1. The zero-order valence-electron chi connectivity index (χ0n) is 11.6. The predicted octanol–water partition coefficient (Wildman–Crippen LogP) is 2.58. The standard InChI is InChI=1S/C15H19ClN2O2/c1-2-11-9-18(8-7-14(11)19)10-15(20)17-13-6-4-3-5-12(13)16/h3-6,11H,2,7-10H2,1H3,(H,17,20). The van der Waals surface area contributed by atoms with Crippen LogP contribution < -0.4 is 5.32 Å². The summed E-state index contributed by atoms with van der Waals surface area (Å²) in [5.74, 6) is 0.287. The van der Waals surface area contributed by atoms with Crippen molar-refractivity contribution >= 4 is 29.0 Å². The highest BCUT2D eigenvalue weighted by Crippen LogP contribution is 2.21. The van der Waals surface area contributed by atoms with Gasteiger partial charge in [0, 0.05) is 25.4 Å². The molecule has 0 radical (unpaired) electrons. The summed E-state index contributed by atoms with van der Waals surface area (Å²) >= 11 is 6.00. The van der Waals surface area contributed by atoms with E-state index in [1.54, 1.807) is 12.1 Å². The fourth-order valence-electron chi connectivity index (χ4n) is 2.43. The third-order valence-electron chi connectivity index (χ3n) is 3.62. The highest BCUT2D eigenvalue weighted by molar-refractivity contribution is 6.33. The minimum absolute atomic E-state index is 0.0665. The summed E-state index contributed by atoms with van der Waals surface area (Å²) in [4.78, 5) is 25.7. The summed E-state index contributed by atoms with van der Waals surface area (Å²) in [5, 5.41) is 3.33. The van der Waals surface area contributed by atoms with Crippen molar-refractivity contribution in [2.75, 3.05) is 25.0 Å². The minimum Gasteiger partial charge on any atom is -0.324 e. The van der Waals surface area contributed by atoms with Crippen LogP contribution >= 0.6 is 11.6 Å². The smallest absolute Gasteiger partial charge is 0.238 e. The lowest BCUT2D eigenvalue weighted by atomic mass is 9.94. The average Bonchev–Trinajstić information content (AvgIpc) is 2.43. The number of carbonyl (C=O) groups is 2. The maximum Gasteiger partial charge on any atom is 0.238 e. The van der Waals surface area contributed by atoms with Crippen molar-refractivity contribution < 1.29 is 9.59 Å². The number of ketones is 1. The molecule has 1 saturated heterocycles. The summed E-state index contributed by atoms with van der Waals surface area (Å²) in [5.41, 5.74) is 0.624. The van der Waals surface area contributed by atoms with Crippen LogP contribution in [0, 0.1) is 5.92 Å². The van der Waals surface area contributed by atoms with Gasteiger partial charge < -0.3 is 5.32 Å². The molecule has 1 fully saturated rings. The number of hydrogen-bond acceptors (Lipinski definition) is 3. The summed E-state index contributed by atoms with van der Waals surface area (Å²) in [6, 6.07) is 7.16. The number of benzene rings is 1. The molecule has 1 unspecified atom stereocenters. The van der Waals surface area contributed by atoms with E-state index in [9.17, 15) is 9.59 Å². The number of para-hydroxylation sites is 1. The first-order valence-electron chi connectivity index (χ1n) is 6.89. The van der Waals surface area contributed by atoms with E-state index in [1.807, 2.05) is 24.0 Å². The maximum atomic E-state index is 12.0. The number of nitrogens with one attached hydrogen (secondary N) is 1. The monoisotopic (exact) mass is 294 g/mol. The molecule has 0 aliphatic carbocycles. The molecule has 1 N–H and O–H groups in total. The molecular weight excluding hydrogens is 276 g/mol. The molecule has 108 valence electrons. The van der Waals surface area contributed by atoms with Gasteiger partial charge >= 0.3 is 0 Å². The number of carbonyl (C=O) groups excluding carboxylic acids is 2. The third-order valence-corrected chi connectivity index (χ3v) is 3.95. The van der Waals surface area contributed by atoms with E-state index < -0.39 is 0 Å². The van der Waals surface area contributed by atoms with Gasteiger partial charge in [-0.2, -0.15) is 0 Å². The molecule has 20 heavy (non-hydrogen) atoms. The largest absolute Gasteiger partial charge is 0.324 e. The highest BCUT2D eigenvalue weighted by Gasteiger charge is 2.26. The minimum atomic E-state index is -0.0951. The van der Waals surface area contributed by atoms with Gasteiger partial charge in [-0.3, -0.25) is 14.5 Å². The van der Waals surface area contributed by atoms with Crippen molar-refractivity contribution in [2.45, 2.75) is 19.8 Å². The SMILES string of the molecule is CCC1CN(CC(=O)Nc2ccccc2Cl)CCC1=O. The van der Waals surface area contributed by atoms with E-state index in [0.717, 1.165) is 6.42 Å². The zero-order chi connectivity index (χ0) is 14.5. The van der Waals surface area contributed by atoms with Gasteiger partial charge in [0.15, 0.2) is 0 Å². The molecule has 1 atom stereocenters. The Morgan fingerprint density at radius 3 is 2.90 bits per heavy atom. The third kappa shape index (κ3) is 3.81. The Balaban J connectivity index is 1.89. The Hall–Kier alpha value is -1.39. The number of likely N-dealkylation sites (tertiary alicyclic amines) is 1. The number of hydrogen-bond donors (Lipinski definition) is 1. The molecular formula is C15H19ClN2O2. The fourth-order valence-corrected chi connectivity index (χ4v) is 2.62. The van der Waals surface area contributed by atoms with Gasteiger partial charge in [0.05, 0.1) is 17.3 Å². The van der Waals surface area contributed by atoms with Crippen LogP contribution in [0.2, 0.25) is 5.02 Å². The molecule has 1 aromatic rings. The lowest BCUT2D eigenvalue weighted by Crippen LogP contribution is -2.44. The van der Waals surface area contributed by atoms with Gasteiger partial charge in [0.25, 0.3) is 0 Å².